The number of halogens is 2. The third-order valence-electron chi connectivity index (χ3n) is 7.97. The van der Waals surface area contributed by atoms with Crippen LogP contribution in [0.1, 0.15) is 37.7 Å². The minimum Gasteiger partial charge on any atom is -0.326 e. The average Bonchev–Trinajstić information content (AvgIpc) is 3.20. The van der Waals surface area contributed by atoms with Gasteiger partial charge in [-0.2, -0.15) is 0 Å². The van der Waals surface area contributed by atoms with E-state index in [4.69, 9.17) is 11.6 Å². The van der Waals surface area contributed by atoms with Crippen molar-refractivity contribution in [1.29, 1.82) is 0 Å². The molecule has 3 fully saturated rings. The van der Waals surface area contributed by atoms with Crippen LogP contribution in [-0.4, -0.2) is 10.9 Å². The molecule has 0 radical (unpaired) electrons. The molecule has 3 aliphatic rings. The second-order valence-electron chi connectivity index (χ2n) is 9.71. The van der Waals surface area contributed by atoms with Crippen LogP contribution in [0.2, 0.25) is 5.02 Å². The van der Waals surface area contributed by atoms with Gasteiger partial charge in [0.25, 0.3) is 0 Å². The third-order valence-corrected chi connectivity index (χ3v) is 8.22. The lowest BCUT2D eigenvalue weighted by Crippen LogP contribution is -2.16. The number of carbonyl (C=O) groups excluding carboxylic acids is 1. The number of anilines is 1. The van der Waals surface area contributed by atoms with Crippen LogP contribution in [0.3, 0.4) is 0 Å². The Bertz CT molecular complexity index is 1180. The Balaban J connectivity index is 1.14. The Morgan fingerprint density at radius 3 is 2.77 bits per heavy atom. The summed E-state index contributed by atoms with van der Waals surface area (Å²) in [5.74, 6) is 2.36. The molecule has 2 aromatic carbocycles. The van der Waals surface area contributed by atoms with Crippen LogP contribution in [0.4, 0.5) is 10.1 Å². The van der Waals surface area contributed by atoms with Crippen LogP contribution in [0, 0.1) is 29.5 Å². The summed E-state index contributed by atoms with van der Waals surface area (Å²) in [4.78, 5) is 17.0. The number of amides is 1. The van der Waals surface area contributed by atoms with Crippen molar-refractivity contribution in [3.05, 3.63) is 71.1 Å². The largest absolute Gasteiger partial charge is 0.326 e. The highest BCUT2D eigenvalue weighted by atomic mass is 35.5. The van der Waals surface area contributed by atoms with Gasteiger partial charge in [0, 0.05) is 28.7 Å². The van der Waals surface area contributed by atoms with Crippen molar-refractivity contribution < 1.29 is 9.18 Å². The van der Waals surface area contributed by atoms with E-state index in [-0.39, 0.29) is 17.1 Å². The number of hydrogen-bond donors (Lipinski definition) is 1. The summed E-state index contributed by atoms with van der Waals surface area (Å²) in [7, 11) is 0. The first-order valence-corrected chi connectivity index (χ1v) is 11.5. The molecule has 1 heterocycles. The van der Waals surface area contributed by atoms with Crippen LogP contribution in [0.25, 0.3) is 10.9 Å². The van der Waals surface area contributed by atoms with Gasteiger partial charge in [-0.25, -0.2) is 4.39 Å². The van der Waals surface area contributed by atoms with Crippen molar-refractivity contribution in [2.24, 2.45) is 23.7 Å². The summed E-state index contributed by atoms with van der Waals surface area (Å²) < 4.78 is 13.9. The summed E-state index contributed by atoms with van der Waals surface area (Å²) in [6.07, 6.45) is 7.05. The van der Waals surface area contributed by atoms with Crippen LogP contribution >= 0.6 is 11.6 Å². The van der Waals surface area contributed by atoms with Gasteiger partial charge in [-0.05, 0) is 109 Å². The number of fused-ring (bicyclic) bond motifs is 4. The van der Waals surface area contributed by atoms with Gasteiger partial charge in [-0.3, -0.25) is 9.78 Å². The maximum atomic E-state index is 13.9. The Hall–Kier alpha value is -2.46. The number of nitrogens with zero attached hydrogens (tertiary/aromatic N) is 1. The molecule has 5 atom stereocenters. The Morgan fingerprint density at radius 1 is 1.13 bits per heavy atom. The van der Waals surface area contributed by atoms with Gasteiger partial charge in [-0.15, -0.1) is 0 Å². The molecule has 0 aliphatic heterocycles. The first-order valence-electron chi connectivity index (χ1n) is 11.1. The van der Waals surface area contributed by atoms with E-state index in [1.807, 2.05) is 18.3 Å². The SMILES string of the molecule is O=C(C[C@@H]1C[C@@H]2C[C@@]3(c4ccnc5ccc(F)cc45)C[C@H]3[C@@H]2C1)Nc1ccc(Cl)cc1. The summed E-state index contributed by atoms with van der Waals surface area (Å²) in [5.41, 5.74) is 3.16. The lowest BCUT2D eigenvalue weighted by molar-refractivity contribution is -0.117. The van der Waals surface area contributed by atoms with E-state index in [0.717, 1.165) is 35.9 Å². The van der Waals surface area contributed by atoms with Gasteiger partial charge in [0.05, 0.1) is 5.52 Å². The first kappa shape index (κ1) is 19.2. The average molecular weight is 435 g/mol. The minimum atomic E-state index is -0.194. The van der Waals surface area contributed by atoms with Crippen molar-refractivity contribution in [3.63, 3.8) is 0 Å². The second-order valence-corrected chi connectivity index (χ2v) is 10.1. The van der Waals surface area contributed by atoms with Crippen molar-refractivity contribution in [2.75, 3.05) is 5.32 Å². The van der Waals surface area contributed by atoms with Crippen molar-refractivity contribution in [1.82, 2.24) is 4.98 Å². The smallest absolute Gasteiger partial charge is 0.224 e. The monoisotopic (exact) mass is 434 g/mol. The molecule has 3 aromatic rings. The molecule has 1 N–H and O–H groups in total. The van der Waals surface area contributed by atoms with Gasteiger partial charge in [0.15, 0.2) is 0 Å². The molecule has 3 saturated carbocycles. The Morgan fingerprint density at radius 2 is 1.97 bits per heavy atom. The number of hydrogen-bond acceptors (Lipinski definition) is 2. The summed E-state index contributed by atoms with van der Waals surface area (Å²) in [6, 6.07) is 14.3. The van der Waals surface area contributed by atoms with Gasteiger partial charge >= 0.3 is 0 Å². The number of benzene rings is 2. The number of rotatable bonds is 4. The van der Waals surface area contributed by atoms with Crippen LogP contribution in [0.15, 0.2) is 54.7 Å². The maximum absolute atomic E-state index is 13.9. The molecule has 0 spiro atoms. The Labute approximate surface area is 186 Å². The van der Waals surface area contributed by atoms with E-state index >= 15 is 0 Å². The molecule has 6 rings (SSSR count). The Kier molecular flexibility index (Phi) is 4.36. The fourth-order valence-electron chi connectivity index (χ4n) is 6.75. The van der Waals surface area contributed by atoms with Crippen LogP contribution in [0.5, 0.6) is 0 Å². The van der Waals surface area contributed by atoms with Crippen molar-refractivity contribution in [2.45, 2.75) is 37.5 Å². The minimum absolute atomic E-state index is 0.0879. The fourth-order valence-corrected chi connectivity index (χ4v) is 6.87. The highest BCUT2D eigenvalue weighted by Crippen LogP contribution is 2.73. The zero-order valence-corrected chi connectivity index (χ0v) is 17.9. The molecule has 5 heteroatoms. The van der Waals surface area contributed by atoms with Crippen LogP contribution < -0.4 is 5.32 Å². The second kappa shape index (κ2) is 7.03. The first-order chi connectivity index (χ1) is 15.0. The summed E-state index contributed by atoms with van der Waals surface area (Å²) in [5, 5.41) is 4.64. The zero-order chi connectivity index (χ0) is 21.2. The molecule has 3 aliphatic carbocycles. The maximum Gasteiger partial charge on any atom is 0.224 e. The molecule has 1 aromatic heterocycles. The quantitative estimate of drug-likeness (QED) is 0.519. The summed E-state index contributed by atoms with van der Waals surface area (Å²) in [6.45, 7) is 0. The number of nitrogens with one attached hydrogen (secondary N) is 1. The molecule has 0 unspecified atom stereocenters. The van der Waals surface area contributed by atoms with Gasteiger partial charge in [-0.1, -0.05) is 11.6 Å². The van der Waals surface area contributed by atoms with E-state index in [1.165, 1.54) is 18.1 Å². The van der Waals surface area contributed by atoms with Crippen molar-refractivity contribution in [3.8, 4) is 0 Å². The predicted octanol–water partition coefficient (Wildman–Crippen LogP) is 6.36. The number of carbonyl (C=O) groups is 1. The predicted molar refractivity (Wildman–Crippen MR) is 121 cm³/mol. The van der Waals surface area contributed by atoms with E-state index in [9.17, 15) is 9.18 Å². The van der Waals surface area contributed by atoms with E-state index in [2.05, 4.69) is 16.4 Å². The molecular formula is C26H24ClFN2O. The number of aromatic nitrogens is 1. The van der Waals surface area contributed by atoms with Crippen LogP contribution in [-0.2, 0) is 10.2 Å². The highest BCUT2D eigenvalue weighted by Gasteiger charge is 2.67. The molecule has 0 bridgehead atoms. The summed E-state index contributed by atoms with van der Waals surface area (Å²) >= 11 is 5.92. The molecular weight excluding hydrogens is 411 g/mol. The van der Waals surface area contributed by atoms with E-state index in [0.29, 0.717) is 35.1 Å². The molecule has 31 heavy (non-hydrogen) atoms. The topological polar surface area (TPSA) is 42.0 Å². The molecule has 3 nitrogen and oxygen atoms in total. The lowest BCUT2D eigenvalue weighted by Gasteiger charge is -2.19. The van der Waals surface area contributed by atoms with E-state index < -0.39 is 0 Å². The highest BCUT2D eigenvalue weighted by molar-refractivity contribution is 6.30. The number of pyridine rings is 1. The lowest BCUT2D eigenvalue weighted by atomic mass is 9.86. The molecule has 158 valence electrons. The fraction of sp³-hybridized carbons (Fsp3) is 0.385. The third kappa shape index (κ3) is 3.23. The van der Waals surface area contributed by atoms with Gasteiger partial charge in [0.2, 0.25) is 5.91 Å². The van der Waals surface area contributed by atoms with Gasteiger partial charge in [0.1, 0.15) is 5.82 Å². The molecule has 1 amide bonds. The van der Waals surface area contributed by atoms with Gasteiger partial charge < -0.3 is 5.32 Å². The van der Waals surface area contributed by atoms with E-state index in [1.54, 1.807) is 24.3 Å². The normalized spacial score (nSPS) is 30.8. The molecule has 0 saturated heterocycles. The standard InChI is InChI=1S/C26H24ClFN2O/c27-17-1-4-19(5-2-17)30-25(31)11-15-9-16-13-26(14-23(26)20(16)10-15)22-7-8-29-24-6-3-18(28)12-21(22)24/h1-8,12,15-16,20,23H,9-11,13-14H2,(H,30,31)/t15-,16-,20-,23+,26+/m1/s1. The zero-order valence-electron chi connectivity index (χ0n) is 17.2. The van der Waals surface area contributed by atoms with Crippen molar-refractivity contribution >= 4 is 34.1 Å².